The van der Waals surface area contributed by atoms with E-state index < -0.39 is 5.54 Å². The van der Waals surface area contributed by atoms with Gasteiger partial charge < -0.3 is 0 Å². The van der Waals surface area contributed by atoms with Crippen LogP contribution in [0.3, 0.4) is 0 Å². The van der Waals surface area contributed by atoms with Crippen molar-refractivity contribution < 1.29 is 9.59 Å². The van der Waals surface area contributed by atoms with Crippen LogP contribution >= 0.6 is 0 Å². The van der Waals surface area contributed by atoms with Crippen LogP contribution in [0.4, 0.5) is 0 Å². The molecule has 2 aliphatic rings. The van der Waals surface area contributed by atoms with E-state index in [1.807, 2.05) is 13.8 Å². The Balaban J connectivity index is 2.28. The molecule has 0 unspecified atom stereocenters. The highest BCUT2D eigenvalue weighted by molar-refractivity contribution is 6.41. The second-order valence-electron chi connectivity index (χ2n) is 5.93. The molecule has 0 amide bonds. The molecule has 1 saturated heterocycles. The van der Waals surface area contributed by atoms with E-state index in [0.29, 0.717) is 6.42 Å². The smallest absolute Gasteiger partial charge is 0.218 e. The summed E-state index contributed by atoms with van der Waals surface area (Å²) in [5.74, 6) is -0.334. The number of carbonyl (C=O) groups excluding carboxylic acids is 2. The molecule has 1 aliphatic heterocycles. The Morgan fingerprint density at radius 2 is 1.56 bits per heavy atom. The molecule has 0 radical (unpaired) electrons. The second-order valence-corrected chi connectivity index (χ2v) is 5.93. The molecule has 0 aromatic carbocycles. The first-order valence-corrected chi connectivity index (χ1v) is 6.32. The van der Waals surface area contributed by atoms with E-state index in [-0.39, 0.29) is 17.1 Å². The summed E-state index contributed by atoms with van der Waals surface area (Å²) in [7, 11) is 0. The SMILES string of the molecule is CC1(C)CC(=O)C(=O)C2(CCCCCC2)N1. The third-order valence-corrected chi connectivity index (χ3v) is 3.83. The zero-order valence-corrected chi connectivity index (χ0v) is 10.3. The molecular weight excluding hydrogens is 202 g/mol. The van der Waals surface area contributed by atoms with Crippen molar-refractivity contribution in [1.29, 1.82) is 0 Å². The summed E-state index contributed by atoms with van der Waals surface area (Å²) in [6.07, 6.45) is 6.50. The predicted molar refractivity (Wildman–Crippen MR) is 62.3 cm³/mol. The first-order chi connectivity index (χ1) is 7.45. The van der Waals surface area contributed by atoms with E-state index in [1.54, 1.807) is 0 Å². The minimum atomic E-state index is -0.532. The molecule has 3 heteroatoms. The second kappa shape index (κ2) is 3.95. The lowest BCUT2D eigenvalue weighted by Crippen LogP contribution is -2.66. The van der Waals surface area contributed by atoms with Crippen molar-refractivity contribution in [3.8, 4) is 0 Å². The number of piperidine rings is 1. The quantitative estimate of drug-likeness (QED) is 0.639. The highest BCUT2D eigenvalue weighted by Gasteiger charge is 2.49. The maximum absolute atomic E-state index is 12.1. The van der Waals surface area contributed by atoms with Gasteiger partial charge in [-0.15, -0.1) is 0 Å². The van der Waals surface area contributed by atoms with Gasteiger partial charge in [0.15, 0.2) is 0 Å². The summed E-state index contributed by atoms with van der Waals surface area (Å²) in [6, 6.07) is 0. The van der Waals surface area contributed by atoms with Gasteiger partial charge >= 0.3 is 0 Å². The van der Waals surface area contributed by atoms with Crippen LogP contribution in [-0.4, -0.2) is 22.6 Å². The Morgan fingerprint density at radius 1 is 1.00 bits per heavy atom. The molecule has 0 aromatic heterocycles. The lowest BCUT2D eigenvalue weighted by atomic mass is 9.75. The van der Waals surface area contributed by atoms with Crippen molar-refractivity contribution in [3.63, 3.8) is 0 Å². The highest BCUT2D eigenvalue weighted by Crippen LogP contribution is 2.34. The Kier molecular flexibility index (Phi) is 2.91. The molecule has 1 spiro atoms. The third-order valence-electron chi connectivity index (χ3n) is 3.83. The molecule has 1 saturated carbocycles. The number of ketones is 2. The van der Waals surface area contributed by atoms with Crippen LogP contribution in [0.25, 0.3) is 0 Å². The number of hydrogen-bond donors (Lipinski definition) is 1. The van der Waals surface area contributed by atoms with Gasteiger partial charge in [0, 0.05) is 12.0 Å². The van der Waals surface area contributed by atoms with E-state index in [1.165, 1.54) is 12.8 Å². The first kappa shape index (κ1) is 11.8. The van der Waals surface area contributed by atoms with E-state index in [2.05, 4.69) is 5.32 Å². The van der Waals surface area contributed by atoms with E-state index in [9.17, 15) is 9.59 Å². The summed E-state index contributed by atoms with van der Waals surface area (Å²) in [5.41, 5.74) is -0.759. The topological polar surface area (TPSA) is 46.2 Å². The summed E-state index contributed by atoms with van der Waals surface area (Å²) in [5, 5.41) is 3.46. The zero-order chi connectivity index (χ0) is 11.8. The van der Waals surface area contributed by atoms with Crippen LogP contribution < -0.4 is 5.32 Å². The summed E-state index contributed by atoms with van der Waals surface area (Å²) in [6.45, 7) is 4.04. The third kappa shape index (κ3) is 2.05. The van der Waals surface area contributed by atoms with Gasteiger partial charge in [-0.25, -0.2) is 0 Å². The summed E-state index contributed by atoms with van der Waals surface area (Å²) >= 11 is 0. The standard InChI is InChI=1S/C13H21NO2/c1-12(2)9-10(15)11(16)13(14-12)7-5-3-4-6-8-13/h14H,3-9H2,1-2H3. The van der Waals surface area contributed by atoms with Crippen LogP contribution in [0.2, 0.25) is 0 Å². The summed E-state index contributed by atoms with van der Waals surface area (Å²) in [4.78, 5) is 23.9. The maximum atomic E-state index is 12.1. The van der Waals surface area contributed by atoms with Crippen molar-refractivity contribution in [3.05, 3.63) is 0 Å². The highest BCUT2D eigenvalue weighted by atomic mass is 16.2. The lowest BCUT2D eigenvalue weighted by Gasteiger charge is -2.44. The van der Waals surface area contributed by atoms with Gasteiger partial charge in [-0.05, 0) is 26.7 Å². The van der Waals surface area contributed by atoms with Crippen LogP contribution in [0, 0.1) is 0 Å². The van der Waals surface area contributed by atoms with Crippen LogP contribution in [-0.2, 0) is 9.59 Å². The number of carbonyl (C=O) groups is 2. The van der Waals surface area contributed by atoms with Gasteiger partial charge in [0.1, 0.15) is 0 Å². The van der Waals surface area contributed by atoms with Gasteiger partial charge in [-0.2, -0.15) is 0 Å². The van der Waals surface area contributed by atoms with Gasteiger partial charge in [-0.1, -0.05) is 25.7 Å². The fourth-order valence-electron chi connectivity index (χ4n) is 3.18. The van der Waals surface area contributed by atoms with Gasteiger partial charge in [0.2, 0.25) is 11.6 Å². The largest absolute Gasteiger partial charge is 0.299 e. The predicted octanol–water partition coefficient (Wildman–Crippen LogP) is 1.99. The molecule has 16 heavy (non-hydrogen) atoms. The lowest BCUT2D eigenvalue weighted by molar-refractivity contribution is -0.145. The molecule has 3 nitrogen and oxygen atoms in total. The maximum Gasteiger partial charge on any atom is 0.218 e. The van der Waals surface area contributed by atoms with Crippen LogP contribution in [0.1, 0.15) is 58.8 Å². The Bertz CT molecular complexity index is 312. The molecule has 1 aliphatic carbocycles. The molecule has 0 bridgehead atoms. The number of rotatable bonds is 0. The van der Waals surface area contributed by atoms with Gasteiger partial charge in [0.05, 0.1) is 5.54 Å². The van der Waals surface area contributed by atoms with Crippen molar-refractivity contribution in [2.45, 2.75) is 69.9 Å². The Morgan fingerprint density at radius 3 is 2.12 bits per heavy atom. The minimum absolute atomic E-state index is 0.159. The number of hydrogen-bond acceptors (Lipinski definition) is 3. The zero-order valence-electron chi connectivity index (χ0n) is 10.3. The van der Waals surface area contributed by atoms with Crippen molar-refractivity contribution in [2.75, 3.05) is 0 Å². The average Bonchev–Trinajstić information content (AvgIpc) is 2.40. The normalized spacial score (nSPS) is 29.1. The van der Waals surface area contributed by atoms with E-state index in [0.717, 1.165) is 25.7 Å². The molecule has 2 fully saturated rings. The Hall–Kier alpha value is -0.700. The van der Waals surface area contributed by atoms with Crippen molar-refractivity contribution in [2.24, 2.45) is 0 Å². The number of nitrogens with one attached hydrogen (secondary N) is 1. The van der Waals surface area contributed by atoms with Crippen molar-refractivity contribution >= 4 is 11.6 Å². The summed E-state index contributed by atoms with van der Waals surface area (Å²) < 4.78 is 0. The van der Waals surface area contributed by atoms with Gasteiger partial charge in [-0.3, -0.25) is 14.9 Å². The monoisotopic (exact) mass is 223 g/mol. The molecule has 0 aromatic rings. The average molecular weight is 223 g/mol. The molecular formula is C13H21NO2. The first-order valence-electron chi connectivity index (χ1n) is 6.32. The molecule has 0 atom stereocenters. The van der Waals surface area contributed by atoms with Crippen molar-refractivity contribution in [1.82, 2.24) is 5.32 Å². The van der Waals surface area contributed by atoms with Crippen LogP contribution in [0.5, 0.6) is 0 Å². The minimum Gasteiger partial charge on any atom is -0.299 e. The molecule has 1 heterocycles. The fraction of sp³-hybridized carbons (Fsp3) is 0.846. The molecule has 2 rings (SSSR count). The van der Waals surface area contributed by atoms with E-state index in [4.69, 9.17) is 0 Å². The van der Waals surface area contributed by atoms with Gasteiger partial charge in [0.25, 0.3) is 0 Å². The molecule has 1 N–H and O–H groups in total. The Labute approximate surface area is 97.0 Å². The van der Waals surface area contributed by atoms with Crippen LogP contribution in [0.15, 0.2) is 0 Å². The van der Waals surface area contributed by atoms with E-state index >= 15 is 0 Å². The number of Topliss-reactive ketones (excluding diaryl/α,β-unsaturated/α-hetero) is 2. The molecule has 90 valence electrons. The fourth-order valence-corrected chi connectivity index (χ4v) is 3.18.